The van der Waals surface area contributed by atoms with Gasteiger partial charge in [0.2, 0.25) is 0 Å². The van der Waals surface area contributed by atoms with Crippen LogP contribution in [0.3, 0.4) is 0 Å². The van der Waals surface area contributed by atoms with E-state index in [-0.39, 0.29) is 17.0 Å². The molecule has 3 aromatic rings. The second-order valence-corrected chi connectivity index (χ2v) is 9.56. The molecule has 1 heterocycles. The lowest BCUT2D eigenvalue weighted by Crippen LogP contribution is -2.55. The van der Waals surface area contributed by atoms with Gasteiger partial charge in [-0.2, -0.15) is 0 Å². The van der Waals surface area contributed by atoms with E-state index in [4.69, 9.17) is 0 Å². The number of rotatable bonds is 4. The van der Waals surface area contributed by atoms with Gasteiger partial charge >= 0.3 is 0 Å². The summed E-state index contributed by atoms with van der Waals surface area (Å²) in [6.07, 6.45) is 4.03. The lowest BCUT2D eigenvalue weighted by molar-refractivity contribution is -0.384. The van der Waals surface area contributed by atoms with Gasteiger partial charge in [-0.3, -0.25) is 14.9 Å². The van der Waals surface area contributed by atoms with Gasteiger partial charge in [0.1, 0.15) is 0 Å². The second kappa shape index (κ2) is 8.32. The van der Waals surface area contributed by atoms with E-state index < -0.39 is 10.5 Å². The minimum Gasteiger partial charge on any atom is -0.303 e. The van der Waals surface area contributed by atoms with Crippen molar-refractivity contribution in [2.45, 2.75) is 45.1 Å². The SMILES string of the molecule is Cc1ccc(C2(C)CC(C)(C)N(C(=O)/C=C/c3ccc([N+](=O)[O-])cc3)c3ccccc32)cc1. The quantitative estimate of drug-likeness (QED) is 0.266. The van der Waals surface area contributed by atoms with E-state index in [9.17, 15) is 14.9 Å². The molecule has 0 saturated carbocycles. The first kappa shape index (κ1) is 22.5. The molecule has 0 radical (unpaired) electrons. The molecule has 168 valence electrons. The first-order chi connectivity index (χ1) is 15.6. The van der Waals surface area contributed by atoms with Crippen LogP contribution in [0.1, 0.15) is 49.4 Å². The Morgan fingerprint density at radius 1 is 0.970 bits per heavy atom. The number of hydrogen-bond donors (Lipinski definition) is 0. The summed E-state index contributed by atoms with van der Waals surface area (Å²) in [6.45, 7) is 8.55. The fourth-order valence-corrected chi connectivity index (χ4v) is 5.05. The van der Waals surface area contributed by atoms with Crippen molar-refractivity contribution in [3.8, 4) is 0 Å². The van der Waals surface area contributed by atoms with Gasteiger partial charge in [0.15, 0.2) is 0 Å². The molecule has 0 saturated heterocycles. The molecule has 4 rings (SSSR count). The number of anilines is 1. The van der Waals surface area contributed by atoms with Crippen LogP contribution >= 0.6 is 0 Å². The largest absolute Gasteiger partial charge is 0.303 e. The summed E-state index contributed by atoms with van der Waals surface area (Å²) in [4.78, 5) is 25.8. The van der Waals surface area contributed by atoms with E-state index in [1.807, 2.05) is 23.1 Å². The van der Waals surface area contributed by atoms with Crippen LogP contribution in [-0.2, 0) is 10.2 Å². The zero-order valence-corrected chi connectivity index (χ0v) is 19.4. The molecular weight excluding hydrogens is 412 g/mol. The van der Waals surface area contributed by atoms with Crippen molar-refractivity contribution in [1.29, 1.82) is 0 Å². The van der Waals surface area contributed by atoms with Crippen LogP contribution in [0.4, 0.5) is 11.4 Å². The first-order valence-electron chi connectivity index (χ1n) is 11.1. The maximum Gasteiger partial charge on any atom is 0.269 e. The minimum atomic E-state index is -0.434. The number of carbonyl (C=O) groups is 1. The molecule has 0 fully saturated rings. The summed E-state index contributed by atoms with van der Waals surface area (Å²) in [6, 6.07) is 23.0. The Balaban J connectivity index is 1.71. The molecule has 5 nitrogen and oxygen atoms in total. The van der Waals surface area contributed by atoms with E-state index in [0.717, 1.165) is 23.2 Å². The van der Waals surface area contributed by atoms with Gasteiger partial charge in [-0.25, -0.2) is 0 Å². The van der Waals surface area contributed by atoms with Crippen molar-refractivity contribution < 1.29 is 9.72 Å². The van der Waals surface area contributed by atoms with Crippen molar-refractivity contribution in [2.75, 3.05) is 4.90 Å². The van der Waals surface area contributed by atoms with E-state index in [2.05, 4.69) is 58.0 Å². The van der Waals surface area contributed by atoms with Crippen molar-refractivity contribution in [3.05, 3.63) is 111 Å². The predicted octanol–water partition coefficient (Wildman–Crippen LogP) is 6.44. The molecule has 5 heteroatoms. The molecule has 0 aliphatic carbocycles. The average Bonchev–Trinajstić information content (AvgIpc) is 2.77. The normalized spacial score (nSPS) is 19.3. The summed E-state index contributed by atoms with van der Waals surface area (Å²) >= 11 is 0. The Morgan fingerprint density at radius 3 is 2.24 bits per heavy atom. The topological polar surface area (TPSA) is 63.5 Å². The van der Waals surface area contributed by atoms with Crippen LogP contribution < -0.4 is 4.90 Å². The number of benzene rings is 3. The highest BCUT2D eigenvalue weighted by atomic mass is 16.6. The number of nitrogens with zero attached hydrogens (tertiary/aromatic N) is 2. The summed E-state index contributed by atoms with van der Waals surface area (Å²) in [5.74, 6) is -0.114. The van der Waals surface area contributed by atoms with Gasteiger partial charge in [0.05, 0.1) is 4.92 Å². The van der Waals surface area contributed by atoms with Crippen LogP contribution in [0, 0.1) is 17.0 Å². The highest BCUT2D eigenvalue weighted by Gasteiger charge is 2.47. The zero-order valence-electron chi connectivity index (χ0n) is 19.4. The third-order valence-corrected chi connectivity index (χ3v) is 6.56. The number of fused-ring (bicyclic) bond motifs is 1. The van der Waals surface area contributed by atoms with Gasteiger partial charge in [0, 0.05) is 34.9 Å². The Labute approximate surface area is 194 Å². The van der Waals surface area contributed by atoms with Gasteiger partial charge in [0.25, 0.3) is 11.6 Å². The third kappa shape index (κ3) is 4.19. The smallest absolute Gasteiger partial charge is 0.269 e. The summed E-state index contributed by atoms with van der Waals surface area (Å²) in [7, 11) is 0. The second-order valence-electron chi connectivity index (χ2n) is 9.56. The molecule has 33 heavy (non-hydrogen) atoms. The predicted molar refractivity (Wildman–Crippen MR) is 132 cm³/mol. The van der Waals surface area contributed by atoms with E-state index in [1.165, 1.54) is 23.3 Å². The molecule has 1 amide bonds. The lowest BCUT2D eigenvalue weighted by Gasteiger charge is -2.51. The third-order valence-electron chi connectivity index (χ3n) is 6.56. The molecule has 1 aliphatic rings. The Morgan fingerprint density at radius 2 is 1.61 bits per heavy atom. The van der Waals surface area contributed by atoms with Crippen LogP contribution in [-0.4, -0.2) is 16.4 Å². The maximum absolute atomic E-state index is 13.4. The van der Waals surface area contributed by atoms with Crippen molar-refractivity contribution in [3.63, 3.8) is 0 Å². The van der Waals surface area contributed by atoms with Crippen LogP contribution in [0.2, 0.25) is 0 Å². The van der Waals surface area contributed by atoms with E-state index in [1.54, 1.807) is 24.3 Å². The maximum atomic E-state index is 13.4. The molecule has 1 unspecified atom stereocenters. The van der Waals surface area contributed by atoms with Gasteiger partial charge < -0.3 is 4.90 Å². The molecule has 0 aromatic heterocycles. The van der Waals surface area contributed by atoms with Crippen molar-refractivity contribution >= 4 is 23.4 Å². The molecule has 3 aromatic carbocycles. The highest BCUT2D eigenvalue weighted by Crippen LogP contribution is 2.50. The summed E-state index contributed by atoms with van der Waals surface area (Å²) in [5.41, 5.74) is 4.61. The fraction of sp³-hybridized carbons (Fsp3) is 0.250. The molecular formula is C28H28N2O3. The number of nitro groups is 1. The molecule has 0 bridgehead atoms. The molecule has 0 spiro atoms. The lowest BCUT2D eigenvalue weighted by atomic mass is 9.65. The van der Waals surface area contributed by atoms with Gasteiger partial charge in [-0.15, -0.1) is 0 Å². The monoisotopic (exact) mass is 440 g/mol. The number of carbonyl (C=O) groups excluding carboxylic acids is 1. The highest BCUT2D eigenvalue weighted by molar-refractivity contribution is 6.06. The van der Waals surface area contributed by atoms with Gasteiger partial charge in [-0.1, -0.05) is 55.0 Å². The van der Waals surface area contributed by atoms with E-state index in [0.29, 0.717) is 0 Å². The average molecular weight is 441 g/mol. The standard InChI is InChI=1S/C28H28N2O3/c1-20-9-14-22(15-10-20)28(4)19-27(2,3)29(25-8-6-5-7-24(25)28)26(31)18-13-21-11-16-23(17-12-21)30(32)33/h5-18H,19H2,1-4H3/b18-13+. The van der Waals surface area contributed by atoms with Gasteiger partial charge in [-0.05, 0) is 68.2 Å². The van der Waals surface area contributed by atoms with Crippen molar-refractivity contribution in [2.24, 2.45) is 0 Å². The number of hydrogen-bond acceptors (Lipinski definition) is 3. The fourth-order valence-electron chi connectivity index (χ4n) is 5.05. The van der Waals surface area contributed by atoms with Crippen LogP contribution in [0.25, 0.3) is 6.08 Å². The minimum absolute atomic E-state index is 0.0277. The Bertz CT molecular complexity index is 1230. The summed E-state index contributed by atoms with van der Waals surface area (Å²) in [5, 5.41) is 10.9. The number of amides is 1. The Kier molecular flexibility index (Phi) is 5.66. The number of nitro benzene ring substituents is 1. The number of para-hydroxylation sites is 1. The molecule has 0 N–H and O–H groups in total. The van der Waals surface area contributed by atoms with Crippen LogP contribution in [0.5, 0.6) is 0 Å². The number of aryl methyl sites for hydroxylation is 1. The van der Waals surface area contributed by atoms with Crippen molar-refractivity contribution in [1.82, 2.24) is 0 Å². The summed E-state index contributed by atoms with van der Waals surface area (Å²) < 4.78 is 0. The van der Waals surface area contributed by atoms with E-state index >= 15 is 0 Å². The van der Waals surface area contributed by atoms with Crippen LogP contribution in [0.15, 0.2) is 78.9 Å². The zero-order chi connectivity index (χ0) is 23.8. The molecule has 1 atom stereocenters. The Hall–Kier alpha value is -3.73. The number of non-ortho nitro benzene ring substituents is 1. The molecule has 1 aliphatic heterocycles. The first-order valence-corrected chi connectivity index (χ1v) is 11.1.